The van der Waals surface area contributed by atoms with Gasteiger partial charge in [-0.15, -0.1) is 0 Å². The predicted molar refractivity (Wildman–Crippen MR) is 208 cm³/mol. The summed E-state index contributed by atoms with van der Waals surface area (Å²) in [6.45, 7) is 12.7. The quantitative estimate of drug-likeness (QED) is 0.0575. The SMILES string of the molecule is CC(C)(C)[Si](C)(C)O[C@@H](CNCc1ccc(OCCC=Cc2ccc(-c3ccccc3)c(NC(=O)O)c2)cc1)c1ccc(O)c2[nH]c(=O)ccc12. The zero-order valence-electron chi connectivity index (χ0n) is 29.8. The smallest absolute Gasteiger partial charge is 0.409 e. The monoisotopic (exact) mass is 705 g/mol. The Labute approximate surface area is 300 Å². The van der Waals surface area contributed by atoms with Gasteiger partial charge in [-0.05, 0) is 77.1 Å². The molecule has 10 heteroatoms. The highest BCUT2D eigenvalue weighted by atomic mass is 28.4. The number of hydrogen-bond acceptors (Lipinski definition) is 6. The molecular weight excluding hydrogens is 659 g/mol. The van der Waals surface area contributed by atoms with E-state index in [0.717, 1.165) is 39.0 Å². The molecule has 0 saturated carbocycles. The van der Waals surface area contributed by atoms with Crippen LogP contribution in [0, 0.1) is 0 Å². The number of aromatic nitrogens is 1. The molecular formula is C41H47N3O6Si. The van der Waals surface area contributed by atoms with Crippen LogP contribution in [0.15, 0.2) is 108 Å². The number of phenolic OH excluding ortho intramolecular Hbond substituents is 1. The summed E-state index contributed by atoms with van der Waals surface area (Å²) in [5.41, 5.74) is 5.33. The predicted octanol–water partition coefficient (Wildman–Crippen LogP) is 9.33. The van der Waals surface area contributed by atoms with E-state index in [9.17, 15) is 19.8 Å². The third kappa shape index (κ3) is 9.76. The fourth-order valence-electron chi connectivity index (χ4n) is 5.56. The topological polar surface area (TPSA) is 133 Å². The highest BCUT2D eigenvalue weighted by molar-refractivity contribution is 6.74. The molecule has 266 valence electrons. The molecule has 5 rings (SSSR count). The van der Waals surface area contributed by atoms with Crippen molar-refractivity contribution in [2.75, 3.05) is 18.5 Å². The number of H-pyrrole nitrogens is 1. The first-order chi connectivity index (χ1) is 24.3. The van der Waals surface area contributed by atoms with Crippen LogP contribution in [0.3, 0.4) is 0 Å². The fraction of sp³-hybridized carbons (Fsp3) is 0.268. The van der Waals surface area contributed by atoms with Crippen LogP contribution in [0.25, 0.3) is 28.1 Å². The molecule has 0 aliphatic rings. The van der Waals surface area contributed by atoms with E-state index in [2.05, 4.69) is 49.5 Å². The second-order valence-corrected chi connectivity index (χ2v) is 18.8. The van der Waals surface area contributed by atoms with E-state index < -0.39 is 14.4 Å². The lowest BCUT2D eigenvalue weighted by atomic mass is 10.0. The number of benzene rings is 4. The molecule has 1 heterocycles. The van der Waals surface area contributed by atoms with Crippen LogP contribution in [0.2, 0.25) is 18.1 Å². The second kappa shape index (κ2) is 16.2. The van der Waals surface area contributed by atoms with Gasteiger partial charge in [0.25, 0.3) is 0 Å². The molecule has 0 spiro atoms. The molecule has 0 aliphatic heterocycles. The summed E-state index contributed by atoms with van der Waals surface area (Å²) in [7, 11) is -2.18. The van der Waals surface area contributed by atoms with Gasteiger partial charge in [-0.3, -0.25) is 10.1 Å². The Balaban J connectivity index is 1.17. The van der Waals surface area contributed by atoms with Crippen molar-refractivity contribution < 1.29 is 24.2 Å². The summed E-state index contributed by atoms with van der Waals surface area (Å²) in [5, 5.41) is 26.6. The van der Waals surface area contributed by atoms with Crippen LogP contribution in [0.4, 0.5) is 10.5 Å². The zero-order valence-corrected chi connectivity index (χ0v) is 30.8. The van der Waals surface area contributed by atoms with E-state index in [1.165, 1.54) is 6.07 Å². The Morgan fingerprint density at radius 3 is 2.41 bits per heavy atom. The number of ether oxygens (including phenoxy) is 1. The molecule has 0 bridgehead atoms. The van der Waals surface area contributed by atoms with Crippen LogP contribution in [-0.2, 0) is 11.0 Å². The number of pyridine rings is 1. The van der Waals surface area contributed by atoms with Gasteiger partial charge >= 0.3 is 6.09 Å². The molecule has 51 heavy (non-hydrogen) atoms. The van der Waals surface area contributed by atoms with Gasteiger partial charge in [0, 0.05) is 30.1 Å². The number of carboxylic acid groups (broad SMARTS) is 1. The number of aromatic amines is 1. The van der Waals surface area contributed by atoms with E-state index >= 15 is 0 Å². The molecule has 0 aliphatic carbocycles. The molecule has 4 aromatic carbocycles. The summed E-state index contributed by atoms with van der Waals surface area (Å²) in [6, 6.07) is 30.1. The Morgan fingerprint density at radius 2 is 1.71 bits per heavy atom. The minimum Gasteiger partial charge on any atom is -0.506 e. The number of nitrogens with one attached hydrogen (secondary N) is 3. The van der Waals surface area contributed by atoms with Gasteiger partial charge in [0.15, 0.2) is 8.32 Å². The van der Waals surface area contributed by atoms with Gasteiger partial charge in [-0.1, -0.05) is 93.6 Å². The van der Waals surface area contributed by atoms with Crippen molar-refractivity contribution in [3.63, 3.8) is 0 Å². The minimum absolute atomic E-state index is 0.00495. The number of carbonyl (C=O) groups is 1. The molecule has 1 amide bonds. The van der Waals surface area contributed by atoms with E-state index in [1.54, 1.807) is 12.1 Å². The third-order valence-electron chi connectivity index (χ3n) is 9.31. The number of phenols is 1. The first-order valence-corrected chi connectivity index (χ1v) is 20.0. The number of aromatic hydroxyl groups is 1. The second-order valence-electron chi connectivity index (χ2n) is 14.1. The lowest BCUT2D eigenvalue weighted by Gasteiger charge is -2.39. The molecule has 0 unspecified atom stereocenters. The number of anilines is 1. The maximum atomic E-state index is 12.0. The van der Waals surface area contributed by atoms with E-state index in [-0.39, 0.29) is 22.5 Å². The lowest BCUT2D eigenvalue weighted by Crippen LogP contribution is -2.43. The van der Waals surface area contributed by atoms with Crippen LogP contribution in [-0.4, -0.2) is 42.8 Å². The van der Waals surface area contributed by atoms with Crippen LogP contribution in [0.1, 0.15) is 50.0 Å². The lowest BCUT2D eigenvalue weighted by molar-refractivity contribution is 0.181. The maximum Gasteiger partial charge on any atom is 0.409 e. The summed E-state index contributed by atoms with van der Waals surface area (Å²) in [6.07, 6.45) is 3.25. The number of amides is 1. The summed E-state index contributed by atoms with van der Waals surface area (Å²) < 4.78 is 12.9. The van der Waals surface area contributed by atoms with Crippen LogP contribution < -0.4 is 20.9 Å². The molecule has 0 fully saturated rings. The highest BCUT2D eigenvalue weighted by Crippen LogP contribution is 2.41. The van der Waals surface area contributed by atoms with Gasteiger partial charge in [0.05, 0.1) is 23.9 Å². The van der Waals surface area contributed by atoms with Crippen molar-refractivity contribution in [2.24, 2.45) is 0 Å². The van der Waals surface area contributed by atoms with E-state index in [1.807, 2.05) is 91.0 Å². The molecule has 5 aromatic rings. The van der Waals surface area contributed by atoms with Gasteiger partial charge in [-0.25, -0.2) is 4.79 Å². The van der Waals surface area contributed by atoms with Crippen molar-refractivity contribution in [3.05, 3.63) is 130 Å². The van der Waals surface area contributed by atoms with Gasteiger partial charge in [0.2, 0.25) is 5.56 Å². The number of rotatable bonds is 14. The maximum absolute atomic E-state index is 12.0. The minimum atomic E-state index is -2.18. The summed E-state index contributed by atoms with van der Waals surface area (Å²) in [5.74, 6) is 0.803. The number of fused-ring (bicyclic) bond motifs is 1. The Morgan fingerprint density at radius 1 is 0.961 bits per heavy atom. The molecule has 1 atom stereocenters. The third-order valence-corrected chi connectivity index (χ3v) is 13.8. The Hall–Kier alpha value is -5.16. The summed E-state index contributed by atoms with van der Waals surface area (Å²) in [4.78, 5) is 26.2. The molecule has 5 N–H and O–H groups in total. The van der Waals surface area contributed by atoms with Crippen LogP contribution in [0.5, 0.6) is 11.5 Å². The molecule has 1 aromatic heterocycles. The van der Waals surface area contributed by atoms with E-state index in [4.69, 9.17) is 9.16 Å². The van der Waals surface area contributed by atoms with Crippen molar-refractivity contribution in [2.45, 2.75) is 58.0 Å². The van der Waals surface area contributed by atoms with Gasteiger partial charge in [0.1, 0.15) is 11.5 Å². The van der Waals surface area contributed by atoms with Crippen molar-refractivity contribution in [1.29, 1.82) is 0 Å². The average molecular weight is 706 g/mol. The van der Waals surface area contributed by atoms with Crippen molar-refractivity contribution >= 4 is 37.1 Å². The number of hydrogen-bond donors (Lipinski definition) is 5. The Kier molecular flexibility index (Phi) is 11.8. The average Bonchev–Trinajstić information content (AvgIpc) is 3.08. The van der Waals surface area contributed by atoms with Crippen molar-refractivity contribution in [3.8, 4) is 22.6 Å². The zero-order chi connectivity index (χ0) is 36.6. The van der Waals surface area contributed by atoms with Gasteiger partial charge in [-0.2, -0.15) is 0 Å². The first-order valence-electron chi connectivity index (χ1n) is 17.1. The molecule has 9 nitrogen and oxygen atoms in total. The largest absolute Gasteiger partial charge is 0.506 e. The normalized spacial score (nSPS) is 12.6. The van der Waals surface area contributed by atoms with Crippen molar-refractivity contribution in [1.82, 2.24) is 10.3 Å². The molecule has 0 radical (unpaired) electrons. The van der Waals surface area contributed by atoms with E-state index in [0.29, 0.717) is 37.3 Å². The van der Waals surface area contributed by atoms with Crippen LogP contribution >= 0.6 is 0 Å². The standard InChI is InChI=1S/C41H47N3O6Si/c1-41(2,3)51(4,5)50-37(33-20-22-36(45)39-34(33)21-23-38(46)44-39)27-42-26-29-14-17-31(18-15-29)49-24-10-9-11-28-16-19-32(30-12-7-6-8-13-30)35(25-28)43-40(47)48/h6-9,11-23,25,37,42-43,45H,10,24,26-27H2,1-5H3,(H,44,46)(H,47,48)/t37-/m0/s1. The fourth-order valence-corrected chi connectivity index (χ4v) is 6.83. The Bertz CT molecular complexity index is 2040. The highest BCUT2D eigenvalue weighted by Gasteiger charge is 2.39. The molecule has 0 saturated heterocycles. The van der Waals surface area contributed by atoms with Gasteiger partial charge < -0.3 is 29.7 Å². The first kappa shape index (κ1) is 37.1. The summed E-state index contributed by atoms with van der Waals surface area (Å²) >= 11 is 0.